The molecule has 3 rings (SSSR count). The molecule has 1 amide bonds. The van der Waals surface area contributed by atoms with E-state index in [9.17, 15) is 4.79 Å². The van der Waals surface area contributed by atoms with E-state index < -0.39 is 0 Å². The molecule has 0 bridgehead atoms. The fourth-order valence-electron chi connectivity index (χ4n) is 2.85. The largest absolute Gasteiger partial charge is 0.489 e. The van der Waals surface area contributed by atoms with Crippen molar-refractivity contribution in [3.05, 3.63) is 23.8 Å². The summed E-state index contributed by atoms with van der Waals surface area (Å²) in [4.78, 5) is 14.7. The van der Waals surface area contributed by atoms with Crippen molar-refractivity contribution < 1.29 is 9.53 Å². The Hall–Kier alpha value is -1.71. The predicted octanol–water partition coefficient (Wildman–Crippen LogP) is 2.75. The van der Waals surface area contributed by atoms with Crippen LogP contribution in [-0.2, 0) is 0 Å². The summed E-state index contributed by atoms with van der Waals surface area (Å²) in [5.74, 6) is 1.51. The highest BCUT2D eigenvalue weighted by atomic mass is 16.5. The number of hydrogen-bond acceptors (Lipinski definition) is 3. The van der Waals surface area contributed by atoms with E-state index in [-0.39, 0.29) is 5.91 Å². The van der Waals surface area contributed by atoms with Crippen LogP contribution in [0.15, 0.2) is 18.2 Å². The predicted molar refractivity (Wildman–Crippen MR) is 79.3 cm³/mol. The van der Waals surface area contributed by atoms with Gasteiger partial charge in [-0.1, -0.05) is 12.5 Å². The summed E-state index contributed by atoms with van der Waals surface area (Å²) in [6, 6.07) is 5.76. The lowest BCUT2D eigenvalue weighted by molar-refractivity contribution is 0.0702. The van der Waals surface area contributed by atoms with E-state index in [0.717, 1.165) is 31.1 Å². The van der Waals surface area contributed by atoms with E-state index in [0.29, 0.717) is 18.1 Å². The van der Waals surface area contributed by atoms with E-state index in [4.69, 9.17) is 4.74 Å². The fourth-order valence-corrected chi connectivity index (χ4v) is 2.85. The van der Waals surface area contributed by atoms with Crippen LogP contribution in [0.2, 0.25) is 0 Å². The third-order valence-electron chi connectivity index (χ3n) is 4.28. The number of benzene rings is 1. The molecular weight excluding hydrogens is 252 g/mol. The van der Waals surface area contributed by atoms with Crippen molar-refractivity contribution in [3.8, 4) is 5.75 Å². The number of nitrogens with zero attached hydrogens (tertiary/aromatic N) is 1. The molecule has 20 heavy (non-hydrogen) atoms. The number of anilines is 1. The minimum absolute atomic E-state index is 0.0972. The average Bonchev–Trinajstić information content (AvgIpc) is 2.45. The molecule has 1 aliphatic heterocycles. The monoisotopic (exact) mass is 274 g/mol. The van der Waals surface area contributed by atoms with Gasteiger partial charge in [-0.3, -0.25) is 4.79 Å². The summed E-state index contributed by atoms with van der Waals surface area (Å²) in [5, 5.41) is 3.28. The SMILES string of the molecule is CCN(CC1CCC1)C(=O)c1cccc2c1OCCN2. The first-order valence-electron chi connectivity index (χ1n) is 7.58. The summed E-state index contributed by atoms with van der Waals surface area (Å²) in [7, 11) is 0. The molecule has 0 spiro atoms. The van der Waals surface area contributed by atoms with Gasteiger partial charge in [0.15, 0.2) is 5.75 Å². The minimum atomic E-state index is 0.0972. The van der Waals surface area contributed by atoms with Gasteiger partial charge in [-0.2, -0.15) is 0 Å². The molecule has 0 atom stereocenters. The first-order chi connectivity index (χ1) is 9.79. The minimum Gasteiger partial charge on any atom is -0.489 e. The van der Waals surface area contributed by atoms with Crippen LogP contribution in [0.4, 0.5) is 5.69 Å². The first kappa shape index (κ1) is 13.3. The summed E-state index contributed by atoms with van der Waals surface area (Å²) in [6.07, 6.45) is 3.83. The summed E-state index contributed by atoms with van der Waals surface area (Å²) < 4.78 is 5.71. The molecule has 4 nitrogen and oxygen atoms in total. The number of amides is 1. The molecule has 1 saturated carbocycles. The topological polar surface area (TPSA) is 41.6 Å². The Morgan fingerprint density at radius 2 is 2.30 bits per heavy atom. The quantitative estimate of drug-likeness (QED) is 0.918. The maximum absolute atomic E-state index is 12.7. The summed E-state index contributed by atoms with van der Waals surface area (Å²) in [5.41, 5.74) is 1.62. The van der Waals surface area contributed by atoms with Gasteiger partial charge in [-0.15, -0.1) is 0 Å². The van der Waals surface area contributed by atoms with E-state index in [2.05, 4.69) is 5.32 Å². The molecule has 108 valence electrons. The standard InChI is InChI=1S/C16H22N2O2/c1-2-18(11-12-5-3-6-12)16(19)13-7-4-8-14-15(13)20-10-9-17-14/h4,7-8,12,17H,2-3,5-6,9-11H2,1H3. The van der Waals surface area contributed by atoms with Crippen molar-refractivity contribution in [2.24, 2.45) is 5.92 Å². The molecule has 1 aromatic rings. The maximum Gasteiger partial charge on any atom is 0.257 e. The van der Waals surface area contributed by atoms with Crippen LogP contribution >= 0.6 is 0 Å². The molecule has 4 heteroatoms. The maximum atomic E-state index is 12.7. The highest BCUT2D eigenvalue weighted by Gasteiger charge is 2.26. The Morgan fingerprint density at radius 3 is 3.00 bits per heavy atom. The van der Waals surface area contributed by atoms with Gasteiger partial charge in [0.2, 0.25) is 0 Å². The van der Waals surface area contributed by atoms with Crippen molar-refractivity contribution in [1.29, 1.82) is 0 Å². The van der Waals surface area contributed by atoms with Crippen LogP contribution in [0.5, 0.6) is 5.75 Å². The van der Waals surface area contributed by atoms with Crippen molar-refractivity contribution in [2.75, 3.05) is 31.6 Å². The van der Waals surface area contributed by atoms with Crippen LogP contribution in [-0.4, -0.2) is 37.0 Å². The number of fused-ring (bicyclic) bond motifs is 1. The lowest BCUT2D eigenvalue weighted by atomic mass is 9.85. The normalized spacial score (nSPS) is 17.4. The average molecular weight is 274 g/mol. The molecule has 0 saturated heterocycles. The van der Waals surface area contributed by atoms with Gasteiger partial charge in [0.1, 0.15) is 6.61 Å². The van der Waals surface area contributed by atoms with Gasteiger partial charge in [0, 0.05) is 19.6 Å². The summed E-state index contributed by atoms with van der Waals surface area (Å²) in [6.45, 7) is 5.10. The number of hydrogen-bond donors (Lipinski definition) is 1. The molecule has 0 aromatic heterocycles. The zero-order valence-electron chi connectivity index (χ0n) is 12.0. The van der Waals surface area contributed by atoms with Crippen LogP contribution in [0, 0.1) is 5.92 Å². The third-order valence-corrected chi connectivity index (χ3v) is 4.28. The molecule has 1 heterocycles. The Morgan fingerprint density at radius 1 is 1.45 bits per heavy atom. The van der Waals surface area contributed by atoms with Gasteiger partial charge in [-0.05, 0) is 37.8 Å². The van der Waals surface area contributed by atoms with E-state index in [1.807, 2.05) is 30.0 Å². The zero-order chi connectivity index (χ0) is 13.9. The molecule has 1 aliphatic carbocycles. The van der Waals surface area contributed by atoms with Crippen molar-refractivity contribution in [2.45, 2.75) is 26.2 Å². The summed E-state index contributed by atoms with van der Waals surface area (Å²) >= 11 is 0. The molecular formula is C16H22N2O2. The second-order valence-electron chi connectivity index (χ2n) is 5.60. The molecule has 2 aliphatic rings. The van der Waals surface area contributed by atoms with Crippen molar-refractivity contribution in [1.82, 2.24) is 4.90 Å². The molecule has 1 fully saturated rings. The van der Waals surface area contributed by atoms with Gasteiger partial charge < -0.3 is 15.0 Å². The Labute approximate surface area is 120 Å². The van der Waals surface area contributed by atoms with Gasteiger partial charge in [-0.25, -0.2) is 0 Å². The van der Waals surface area contributed by atoms with Crippen LogP contribution in [0.1, 0.15) is 36.5 Å². The number of ether oxygens (including phenoxy) is 1. The third kappa shape index (κ3) is 2.47. The molecule has 0 radical (unpaired) electrons. The lowest BCUT2D eigenvalue weighted by Gasteiger charge is -2.32. The first-order valence-corrected chi connectivity index (χ1v) is 7.58. The lowest BCUT2D eigenvalue weighted by Crippen LogP contribution is -2.37. The highest BCUT2D eigenvalue weighted by molar-refractivity contribution is 5.99. The van der Waals surface area contributed by atoms with Gasteiger partial charge in [0.05, 0.1) is 11.3 Å². The van der Waals surface area contributed by atoms with Crippen LogP contribution < -0.4 is 10.1 Å². The van der Waals surface area contributed by atoms with Crippen LogP contribution in [0.25, 0.3) is 0 Å². The zero-order valence-corrected chi connectivity index (χ0v) is 12.0. The second-order valence-corrected chi connectivity index (χ2v) is 5.60. The van der Waals surface area contributed by atoms with Gasteiger partial charge >= 0.3 is 0 Å². The van der Waals surface area contributed by atoms with Crippen LogP contribution in [0.3, 0.4) is 0 Å². The Bertz CT molecular complexity index is 497. The highest BCUT2D eigenvalue weighted by Crippen LogP contribution is 2.33. The molecule has 0 unspecified atom stereocenters. The van der Waals surface area contributed by atoms with Gasteiger partial charge in [0.25, 0.3) is 5.91 Å². The second kappa shape index (κ2) is 5.73. The van der Waals surface area contributed by atoms with E-state index >= 15 is 0 Å². The molecule has 1 N–H and O–H groups in total. The van der Waals surface area contributed by atoms with E-state index in [1.54, 1.807) is 0 Å². The van der Waals surface area contributed by atoms with Crippen molar-refractivity contribution >= 4 is 11.6 Å². The van der Waals surface area contributed by atoms with Crippen molar-refractivity contribution in [3.63, 3.8) is 0 Å². The smallest absolute Gasteiger partial charge is 0.257 e. The Balaban J connectivity index is 1.81. The number of nitrogens with one attached hydrogen (secondary N) is 1. The number of rotatable bonds is 4. The molecule has 1 aromatic carbocycles. The fraction of sp³-hybridized carbons (Fsp3) is 0.562. The number of carbonyl (C=O) groups excluding carboxylic acids is 1. The number of carbonyl (C=O) groups is 1. The number of para-hydroxylation sites is 1. The Kier molecular flexibility index (Phi) is 3.81. The van der Waals surface area contributed by atoms with E-state index in [1.165, 1.54) is 19.3 Å².